The maximum atomic E-state index is 5.92. The summed E-state index contributed by atoms with van der Waals surface area (Å²) in [6, 6.07) is 10.4. The molecule has 0 spiro atoms. The van der Waals surface area contributed by atoms with Gasteiger partial charge in [0.1, 0.15) is 5.82 Å². The number of nitrogens with zero attached hydrogens (tertiary/aromatic N) is 1. The fourth-order valence-corrected chi connectivity index (χ4v) is 2.70. The predicted octanol–water partition coefficient (Wildman–Crippen LogP) is 3.72. The number of H-pyrrole nitrogens is 1. The second kappa shape index (κ2) is 3.51. The first-order valence-corrected chi connectivity index (χ1v) is 5.87. The van der Waals surface area contributed by atoms with E-state index in [-0.39, 0.29) is 0 Å². The average Bonchev–Trinajstić information content (AvgIpc) is 2.82. The van der Waals surface area contributed by atoms with E-state index >= 15 is 0 Å². The molecule has 2 aromatic rings. The number of nitrogens with one attached hydrogen (secondary N) is 1. The van der Waals surface area contributed by atoms with Crippen LogP contribution in [-0.4, -0.2) is 11.5 Å². The van der Waals surface area contributed by atoms with Crippen LogP contribution >= 0.6 is 23.5 Å². The van der Waals surface area contributed by atoms with Gasteiger partial charge in [0.15, 0.2) is 0 Å². The fraction of sp³-hybridized carbons (Fsp3) is 0.0909. The van der Waals surface area contributed by atoms with E-state index in [9.17, 15) is 0 Å². The smallest absolute Gasteiger partial charge is 0.117 e. The molecule has 2 nitrogen and oxygen atoms in total. The zero-order valence-electron chi connectivity index (χ0n) is 7.90. The summed E-state index contributed by atoms with van der Waals surface area (Å²) >= 11 is 7.49. The van der Waals surface area contributed by atoms with Crippen molar-refractivity contribution in [3.05, 3.63) is 40.8 Å². The number of aromatic amines is 1. The third-order valence-electron chi connectivity index (χ3n) is 2.40. The standard InChI is InChI=1S/C11H9ClN2S/c12-10-5-6-14(15-10)11-7-8-3-1-2-4-9(8)13-11/h1-5,7,13H,6H2. The monoisotopic (exact) mass is 236 g/mol. The summed E-state index contributed by atoms with van der Waals surface area (Å²) in [7, 11) is 0. The predicted molar refractivity (Wildman–Crippen MR) is 67.2 cm³/mol. The molecule has 1 aliphatic heterocycles. The SMILES string of the molecule is ClC1=CCN(c2cc3ccccc3[nH]2)S1. The van der Waals surface area contributed by atoms with E-state index in [1.807, 2.05) is 18.2 Å². The number of hydrogen-bond donors (Lipinski definition) is 1. The number of hydrogen-bond acceptors (Lipinski definition) is 2. The first kappa shape index (κ1) is 9.19. The fourth-order valence-electron chi connectivity index (χ4n) is 1.67. The van der Waals surface area contributed by atoms with E-state index in [0.717, 1.165) is 22.2 Å². The van der Waals surface area contributed by atoms with Gasteiger partial charge in [-0.3, -0.25) is 4.31 Å². The lowest BCUT2D eigenvalue weighted by atomic mass is 10.2. The van der Waals surface area contributed by atoms with Gasteiger partial charge in [0.25, 0.3) is 0 Å². The zero-order valence-corrected chi connectivity index (χ0v) is 9.48. The van der Waals surface area contributed by atoms with Crippen molar-refractivity contribution in [3.8, 4) is 0 Å². The number of anilines is 1. The Morgan fingerprint density at radius 1 is 1.33 bits per heavy atom. The van der Waals surface area contributed by atoms with Crippen molar-refractivity contribution in [1.82, 2.24) is 4.98 Å². The number of aromatic nitrogens is 1. The first-order valence-electron chi connectivity index (χ1n) is 4.72. The molecular formula is C11H9ClN2S. The van der Waals surface area contributed by atoms with Gasteiger partial charge >= 0.3 is 0 Å². The summed E-state index contributed by atoms with van der Waals surface area (Å²) in [5.74, 6) is 1.10. The average molecular weight is 237 g/mol. The van der Waals surface area contributed by atoms with Crippen molar-refractivity contribution in [1.29, 1.82) is 0 Å². The molecule has 0 aliphatic carbocycles. The highest BCUT2D eigenvalue weighted by atomic mass is 35.5. The molecule has 3 rings (SSSR count). The molecule has 1 aromatic carbocycles. The molecule has 76 valence electrons. The van der Waals surface area contributed by atoms with Crippen LogP contribution in [0.3, 0.4) is 0 Å². The molecule has 0 amide bonds. The van der Waals surface area contributed by atoms with Gasteiger partial charge in [-0.2, -0.15) is 0 Å². The topological polar surface area (TPSA) is 19.0 Å². The van der Waals surface area contributed by atoms with Gasteiger partial charge in [0.2, 0.25) is 0 Å². The van der Waals surface area contributed by atoms with Crippen LogP contribution in [0.4, 0.5) is 5.82 Å². The minimum atomic E-state index is 0.841. The molecule has 2 heterocycles. The van der Waals surface area contributed by atoms with Crippen molar-refractivity contribution in [2.24, 2.45) is 0 Å². The minimum absolute atomic E-state index is 0.841. The Balaban J connectivity index is 1.99. The molecule has 4 heteroatoms. The highest BCUT2D eigenvalue weighted by molar-refractivity contribution is 8.06. The van der Waals surface area contributed by atoms with Gasteiger partial charge in [-0.05, 0) is 18.2 Å². The van der Waals surface area contributed by atoms with Crippen molar-refractivity contribution < 1.29 is 0 Å². The van der Waals surface area contributed by atoms with Gasteiger partial charge in [0.05, 0.1) is 10.9 Å². The Bertz CT molecular complexity index is 499. The third-order valence-corrected chi connectivity index (χ3v) is 3.67. The van der Waals surface area contributed by atoms with Crippen LogP contribution in [0.1, 0.15) is 0 Å². The minimum Gasteiger partial charge on any atom is -0.341 e. The van der Waals surface area contributed by atoms with Crippen molar-refractivity contribution in [2.45, 2.75) is 0 Å². The molecule has 0 bridgehead atoms. The molecule has 1 aliphatic rings. The van der Waals surface area contributed by atoms with Crippen LogP contribution in [-0.2, 0) is 0 Å². The maximum absolute atomic E-state index is 5.92. The molecule has 1 N–H and O–H groups in total. The van der Waals surface area contributed by atoms with Gasteiger partial charge in [-0.15, -0.1) is 0 Å². The highest BCUT2D eigenvalue weighted by Gasteiger charge is 2.15. The van der Waals surface area contributed by atoms with E-state index in [0.29, 0.717) is 0 Å². The van der Waals surface area contributed by atoms with Gasteiger partial charge in [0, 0.05) is 22.9 Å². The van der Waals surface area contributed by atoms with Crippen molar-refractivity contribution in [3.63, 3.8) is 0 Å². The summed E-state index contributed by atoms with van der Waals surface area (Å²) in [6.07, 6.45) is 2.01. The van der Waals surface area contributed by atoms with Crippen LogP contribution in [0.2, 0.25) is 0 Å². The normalized spacial score (nSPS) is 16.1. The van der Waals surface area contributed by atoms with Crippen LogP contribution in [0.25, 0.3) is 10.9 Å². The molecule has 0 radical (unpaired) electrons. The van der Waals surface area contributed by atoms with Crippen LogP contribution in [0, 0.1) is 0 Å². The van der Waals surface area contributed by atoms with Crippen LogP contribution < -0.4 is 4.31 Å². The molecule has 1 aromatic heterocycles. The van der Waals surface area contributed by atoms with E-state index < -0.39 is 0 Å². The number of rotatable bonds is 1. The maximum Gasteiger partial charge on any atom is 0.117 e. The van der Waals surface area contributed by atoms with Gasteiger partial charge < -0.3 is 4.98 Å². The number of halogens is 1. The quantitative estimate of drug-likeness (QED) is 0.761. The number of fused-ring (bicyclic) bond motifs is 1. The summed E-state index contributed by atoms with van der Waals surface area (Å²) in [5, 5.41) is 1.23. The molecular weight excluding hydrogens is 228 g/mol. The number of benzene rings is 1. The third kappa shape index (κ3) is 1.62. The largest absolute Gasteiger partial charge is 0.341 e. The second-order valence-electron chi connectivity index (χ2n) is 3.40. The Hall–Kier alpha value is -1.06. The Labute approximate surface area is 97.0 Å². The van der Waals surface area contributed by atoms with Crippen LogP contribution in [0.5, 0.6) is 0 Å². The number of para-hydroxylation sites is 1. The molecule has 0 unspecified atom stereocenters. The lowest BCUT2D eigenvalue weighted by Crippen LogP contribution is -2.09. The lowest BCUT2D eigenvalue weighted by molar-refractivity contribution is 1.19. The molecule has 15 heavy (non-hydrogen) atoms. The van der Waals surface area contributed by atoms with E-state index in [2.05, 4.69) is 27.5 Å². The summed E-state index contributed by atoms with van der Waals surface area (Å²) < 4.78 is 2.98. The molecule has 0 saturated carbocycles. The Morgan fingerprint density at radius 2 is 2.20 bits per heavy atom. The van der Waals surface area contributed by atoms with Crippen molar-refractivity contribution in [2.75, 3.05) is 10.8 Å². The lowest BCUT2D eigenvalue weighted by Gasteiger charge is -2.12. The highest BCUT2D eigenvalue weighted by Crippen LogP contribution is 2.35. The van der Waals surface area contributed by atoms with Crippen molar-refractivity contribution >= 4 is 40.3 Å². The zero-order chi connectivity index (χ0) is 10.3. The van der Waals surface area contributed by atoms with Gasteiger partial charge in [-0.1, -0.05) is 29.8 Å². The molecule has 0 atom stereocenters. The Morgan fingerprint density at radius 3 is 2.93 bits per heavy atom. The van der Waals surface area contributed by atoms with Gasteiger partial charge in [-0.25, -0.2) is 0 Å². The summed E-state index contributed by atoms with van der Waals surface area (Å²) in [6.45, 7) is 0.857. The second-order valence-corrected chi connectivity index (χ2v) is 5.10. The van der Waals surface area contributed by atoms with E-state index in [1.54, 1.807) is 11.9 Å². The molecule has 0 saturated heterocycles. The summed E-state index contributed by atoms with van der Waals surface area (Å²) in [4.78, 5) is 3.37. The summed E-state index contributed by atoms with van der Waals surface area (Å²) in [5.41, 5.74) is 1.16. The first-order chi connectivity index (χ1) is 7.33. The van der Waals surface area contributed by atoms with E-state index in [4.69, 9.17) is 11.6 Å². The van der Waals surface area contributed by atoms with Crippen LogP contribution in [0.15, 0.2) is 40.8 Å². The Kier molecular flexibility index (Phi) is 2.15. The molecule has 0 fully saturated rings. The van der Waals surface area contributed by atoms with E-state index in [1.165, 1.54) is 5.39 Å².